The smallest absolute Gasteiger partial charge is 0.406 e. The van der Waals surface area contributed by atoms with Crippen LogP contribution < -0.4 is 14.8 Å². The van der Waals surface area contributed by atoms with Gasteiger partial charge in [0.15, 0.2) is 0 Å². The average molecular weight is 409 g/mol. The standard InChI is InChI=1S/C15H12ClF3N2O4S/c16-10-1-3-11(4-2-10)21-14(22)9-20-26(23,24)13-7-5-12(6-8-13)25-15(17,18)19/h1-8,20H,9H2,(H,21,22). The molecule has 0 fully saturated rings. The zero-order valence-corrected chi connectivity index (χ0v) is 14.5. The lowest BCUT2D eigenvalue weighted by Crippen LogP contribution is -2.32. The highest BCUT2D eigenvalue weighted by molar-refractivity contribution is 7.89. The van der Waals surface area contributed by atoms with Gasteiger partial charge >= 0.3 is 6.36 Å². The molecule has 0 saturated carbocycles. The largest absolute Gasteiger partial charge is 0.573 e. The van der Waals surface area contributed by atoms with Crippen LogP contribution in [0.1, 0.15) is 0 Å². The number of carbonyl (C=O) groups excluding carboxylic acids is 1. The SMILES string of the molecule is O=C(CNS(=O)(=O)c1ccc(OC(F)(F)F)cc1)Nc1ccc(Cl)cc1. The molecule has 0 spiro atoms. The normalized spacial score (nSPS) is 11.8. The average Bonchev–Trinajstić information content (AvgIpc) is 2.54. The Bertz CT molecular complexity index is 869. The summed E-state index contributed by atoms with van der Waals surface area (Å²) in [7, 11) is -4.08. The summed E-state index contributed by atoms with van der Waals surface area (Å²) in [5.74, 6) is -1.19. The van der Waals surface area contributed by atoms with Crippen molar-refractivity contribution in [1.29, 1.82) is 0 Å². The highest BCUT2D eigenvalue weighted by atomic mass is 35.5. The van der Waals surface area contributed by atoms with Crippen molar-refractivity contribution in [3.05, 3.63) is 53.6 Å². The third kappa shape index (κ3) is 6.21. The van der Waals surface area contributed by atoms with E-state index in [1.54, 1.807) is 12.1 Å². The van der Waals surface area contributed by atoms with Crippen LogP contribution in [0.4, 0.5) is 18.9 Å². The number of hydrogen-bond donors (Lipinski definition) is 2. The summed E-state index contributed by atoms with van der Waals surface area (Å²) in [4.78, 5) is 11.5. The van der Waals surface area contributed by atoms with Gasteiger partial charge in [0.2, 0.25) is 15.9 Å². The van der Waals surface area contributed by atoms with Gasteiger partial charge in [-0.3, -0.25) is 4.79 Å². The fourth-order valence-electron chi connectivity index (χ4n) is 1.80. The number of nitrogens with one attached hydrogen (secondary N) is 2. The lowest BCUT2D eigenvalue weighted by atomic mass is 10.3. The minimum Gasteiger partial charge on any atom is -0.406 e. The molecule has 0 heterocycles. The molecule has 0 saturated heterocycles. The number of halogens is 4. The molecule has 0 aliphatic carbocycles. The minimum atomic E-state index is -4.88. The Kier molecular flexibility index (Phi) is 6.11. The van der Waals surface area contributed by atoms with Gasteiger partial charge in [0.1, 0.15) is 5.75 Å². The number of carbonyl (C=O) groups is 1. The Balaban J connectivity index is 1.95. The number of ether oxygens (including phenoxy) is 1. The van der Waals surface area contributed by atoms with Crippen molar-refractivity contribution in [3.63, 3.8) is 0 Å². The fourth-order valence-corrected chi connectivity index (χ4v) is 2.91. The number of amides is 1. The number of anilines is 1. The molecule has 26 heavy (non-hydrogen) atoms. The Labute approximate surface area is 152 Å². The molecule has 2 aromatic carbocycles. The molecule has 2 aromatic rings. The maximum absolute atomic E-state index is 12.1. The second-order valence-electron chi connectivity index (χ2n) is 4.90. The molecular weight excluding hydrogens is 397 g/mol. The van der Waals surface area contributed by atoms with Gasteiger partial charge in [-0.25, -0.2) is 13.1 Å². The van der Waals surface area contributed by atoms with Gasteiger partial charge in [-0.15, -0.1) is 13.2 Å². The third-order valence-corrected chi connectivity index (χ3v) is 4.59. The summed E-state index contributed by atoms with van der Waals surface area (Å²) in [6.45, 7) is -0.564. The van der Waals surface area contributed by atoms with E-state index in [2.05, 4.69) is 10.1 Å². The Morgan fingerprint density at radius 3 is 2.15 bits per heavy atom. The molecule has 0 radical (unpaired) electrons. The lowest BCUT2D eigenvalue weighted by Gasteiger charge is -2.10. The number of benzene rings is 2. The molecule has 2 rings (SSSR count). The number of sulfonamides is 1. The van der Waals surface area contributed by atoms with Crippen LogP contribution in [0.2, 0.25) is 5.02 Å². The molecular formula is C15H12ClF3N2O4S. The second kappa shape index (κ2) is 7.94. The van der Waals surface area contributed by atoms with E-state index in [9.17, 15) is 26.4 Å². The summed E-state index contributed by atoms with van der Waals surface area (Å²) < 4.78 is 66.1. The maximum Gasteiger partial charge on any atom is 0.573 e. The monoisotopic (exact) mass is 408 g/mol. The highest BCUT2D eigenvalue weighted by Gasteiger charge is 2.31. The predicted molar refractivity (Wildman–Crippen MR) is 88.4 cm³/mol. The van der Waals surface area contributed by atoms with Gasteiger partial charge in [0.25, 0.3) is 0 Å². The first-order chi connectivity index (χ1) is 12.0. The van der Waals surface area contributed by atoms with E-state index in [0.717, 1.165) is 24.3 Å². The summed E-state index contributed by atoms with van der Waals surface area (Å²) >= 11 is 5.71. The van der Waals surface area contributed by atoms with Crippen molar-refractivity contribution in [1.82, 2.24) is 4.72 Å². The molecule has 0 unspecified atom stereocenters. The Morgan fingerprint density at radius 2 is 1.62 bits per heavy atom. The van der Waals surface area contributed by atoms with Gasteiger partial charge in [0.05, 0.1) is 11.4 Å². The van der Waals surface area contributed by atoms with Crippen LogP contribution in [0.25, 0.3) is 0 Å². The van der Waals surface area contributed by atoms with Crippen LogP contribution in [0, 0.1) is 0 Å². The van der Waals surface area contributed by atoms with Crippen LogP contribution in [0.15, 0.2) is 53.4 Å². The summed E-state index contributed by atoms with van der Waals surface area (Å²) in [6, 6.07) is 9.74. The summed E-state index contributed by atoms with van der Waals surface area (Å²) in [5.41, 5.74) is 0.423. The van der Waals surface area contributed by atoms with Crippen molar-refractivity contribution in [2.45, 2.75) is 11.3 Å². The molecule has 2 N–H and O–H groups in total. The van der Waals surface area contributed by atoms with Gasteiger partial charge in [-0.2, -0.15) is 0 Å². The summed E-state index contributed by atoms with van der Waals surface area (Å²) in [6.07, 6.45) is -4.88. The van der Waals surface area contributed by atoms with E-state index >= 15 is 0 Å². The first-order valence-corrected chi connectivity index (χ1v) is 8.82. The van der Waals surface area contributed by atoms with Crippen LogP contribution in [0.5, 0.6) is 5.75 Å². The molecule has 11 heteroatoms. The van der Waals surface area contributed by atoms with E-state index in [0.29, 0.717) is 10.7 Å². The number of hydrogen-bond acceptors (Lipinski definition) is 4. The Morgan fingerprint density at radius 1 is 1.04 bits per heavy atom. The second-order valence-corrected chi connectivity index (χ2v) is 7.10. The van der Waals surface area contributed by atoms with Crippen molar-refractivity contribution >= 4 is 33.2 Å². The molecule has 0 bridgehead atoms. The molecule has 1 amide bonds. The first kappa shape index (κ1) is 20.0. The summed E-state index contributed by atoms with van der Waals surface area (Å²) in [5, 5.41) is 2.93. The molecule has 6 nitrogen and oxygen atoms in total. The van der Waals surface area contributed by atoms with E-state index in [1.807, 2.05) is 4.72 Å². The van der Waals surface area contributed by atoms with E-state index in [-0.39, 0.29) is 4.90 Å². The van der Waals surface area contributed by atoms with Gasteiger partial charge in [-0.1, -0.05) is 11.6 Å². The fraction of sp³-hybridized carbons (Fsp3) is 0.133. The van der Waals surface area contributed by atoms with Gasteiger partial charge < -0.3 is 10.1 Å². The predicted octanol–water partition coefficient (Wildman–Crippen LogP) is 3.16. The van der Waals surface area contributed by atoms with Crippen LogP contribution in [-0.2, 0) is 14.8 Å². The molecule has 0 atom stereocenters. The van der Waals surface area contributed by atoms with Crippen molar-refractivity contribution in [2.24, 2.45) is 0 Å². The van der Waals surface area contributed by atoms with Crippen molar-refractivity contribution in [2.75, 3.05) is 11.9 Å². The van der Waals surface area contributed by atoms with Crippen molar-refractivity contribution < 1.29 is 31.1 Å². The topological polar surface area (TPSA) is 84.5 Å². The zero-order valence-electron chi connectivity index (χ0n) is 12.9. The lowest BCUT2D eigenvalue weighted by molar-refractivity contribution is -0.274. The maximum atomic E-state index is 12.1. The quantitative estimate of drug-likeness (QED) is 0.769. The zero-order chi connectivity index (χ0) is 19.4. The van der Waals surface area contributed by atoms with Gasteiger partial charge in [0, 0.05) is 10.7 Å². The Hall–Kier alpha value is -2.30. The molecule has 140 valence electrons. The van der Waals surface area contributed by atoms with Crippen LogP contribution >= 0.6 is 11.6 Å². The van der Waals surface area contributed by atoms with E-state index in [4.69, 9.17) is 11.6 Å². The van der Waals surface area contributed by atoms with Crippen LogP contribution in [0.3, 0.4) is 0 Å². The van der Waals surface area contributed by atoms with E-state index in [1.165, 1.54) is 12.1 Å². The number of alkyl halides is 3. The first-order valence-electron chi connectivity index (χ1n) is 6.96. The number of rotatable bonds is 6. The van der Waals surface area contributed by atoms with Crippen molar-refractivity contribution in [3.8, 4) is 5.75 Å². The third-order valence-electron chi connectivity index (χ3n) is 2.92. The van der Waals surface area contributed by atoms with Gasteiger partial charge in [-0.05, 0) is 48.5 Å². The molecule has 0 aliphatic heterocycles. The molecule has 0 aliphatic rings. The minimum absolute atomic E-state index is 0.314. The molecule has 0 aromatic heterocycles. The van der Waals surface area contributed by atoms with E-state index < -0.39 is 34.6 Å². The highest BCUT2D eigenvalue weighted by Crippen LogP contribution is 2.23. The van der Waals surface area contributed by atoms with Crippen LogP contribution in [-0.4, -0.2) is 27.2 Å².